The lowest BCUT2D eigenvalue weighted by molar-refractivity contribution is -0.135. The van der Waals surface area contributed by atoms with Gasteiger partial charge in [-0.3, -0.25) is 14.7 Å². The first-order chi connectivity index (χ1) is 13.5. The standard InChI is InChI=1S/C20H34N6OS/c1-15(2)18-23-17(14-28-18)13-22-20(21-4)26-11-9-24(10-12-26)16(3)19(27)25-7-5-6-8-25/h14-16H,5-13H2,1-4H3,(H,21,22). The van der Waals surface area contributed by atoms with E-state index in [9.17, 15) is 4.79 Å². The molecule has 2 fully saturated rings. The first-order valence-electron chi connectivity index (χ1n) is 10.4. The van der Waals surface area contributed by atoms with Gasteiger partial charge in [0.25, 0.3) is 0 Å². The molecule has 2 saturated heterocycles. The minimum atomic E-state index is -0.0281. The average Bonchev–Trinajstić information content (AvgIpc) is 3.40. The zero-order chi connectivity index (χ0) is 20.1. The number of thiazole rings is 1. The Morgan fingerprint density at radius 2 is 1.82 bits per heavy atom. The Hall–Kier alpha value is -1.67. The molecule has 1 amide bonds. The topological polar surface area (TPSA) is 64.1 Å². The van der Waals surface area contributed by atoms with Gasteiger partial charge < -0.3 is 15.1 Å². The van der Waals surface area contributed by atoms with Gasteiger partial charge in [-0.05, 0) is 19.8 Å². The van der Waals surface area contributed by atoms with E-state index >= 15 is 0 Å². The molecule has 156 valence electrons. The molecule has 3 heterocycles. The fourth-order valence-corrected chi connectivity index (χ4v) is 4.68. The van der Waals surface area contributed by atoms with Crippen LogP contribution in [-0.4, -0.2) is 83.9 Å². The van der Waals surface area contributed by atoms with E-state index in [1.807, 2.05) is 11.9 Å². The number of hydrogen-bond donors (Lipinski definition) is 1. The molecule has 0 bridgehead atoms. The molecule has 0 spiro atoms. The zero-order valence-electron chi connectivity index (χ0n) is 17.6. The number of nitrogens with zero attached hydrogens (tertiary/aromatic N) is 5. The van der Waals surface area contributed by atoms with Crippen LogP contribution in [0.2, 0.25) is 0 Å². The highest BCUT2D eigenvalue weighted by Gasteiger charge is 2.30. The van der Waals surface area contributed by atoms with Crippen molar-refractivity contribution in [2.24, 2.45) is 4.99 Å². The maximum atomic E-state index is 12.7. The fraction of sp³-hybridized carbons (Fsp3) is 0.750. The molecule has 1 atom stereocenters. The quantitative estimate of drug-likeness (QED) is 0.598. The van der Waals surface area contributed by atoms with Gasteiger partial charge in [0, 0.05) is 57.6 Å². The van der Waals surface area contributed by atoms with Gasteiger partial charge in [0.1, 0.15) is 0 Å². The van der Waals surface area contributed by atoms with Crippen LogP contribution in [-0.2, 0) is 11.3 Å². The first kappa shape index (κ1) is 21.0. The van der Waals surface area contributed by atoms with Crippen molar-refractivity contribution in [1.82, 2.24) is 25.0 Å². The fourth-order valence-electron chi connectivity index (χ4n) is 3.85. The summed E-state index contributed by atoms with van der Waals surface area (Å²) >= 11 is 1.72. The van der Waals surface area contributed by atoms with Crippen molar-refractivity contribution in [3.05, 3.63) is 16.1 Å². The van der Waals surface area contributed by atoms with Crippen molar-refractivity contribution >= 4 is 23.2 Å². The number of amides is 1. The minimum Gasteiger partial charge on any atom is -0.351 e. The lowest BCUT2D eigenvalue weighted by atomic mass is 10.2. The summed E-state index contributed by atoms with van der Waals surface area (Å²) in [7, 11) is 1.83. The van der Waals surface area contributed by atoms with E-state index in [-0.39, 0.29) is 11.9 Å². The number of carbonyl (C=O) groups is 1. The molecule has 8 heteroatoms. The predicted molar refractivity (Wildman–Crippen MR) is 115 cm³/mol. The molecule has 0 aliphatic carbocycles. The summed E-state index contributed by atoms with van der Waals surface area (Å²) in [5, 5.41) is 6.75. The maximum Gasteiger partial charge on any atom is 0.239 e. The SMILES string of the molecule is CN=C(NCc1csc(C(C)C)n1)N1CCN(C(C)C(=O)N2CCCC2)CC1. The number of piperazine rings is 1. The number of guanidine groups is 1. The Morgan fingerprint density at radius 1 is 1.14 bits per heavy atom. The van der Waals surface area contributed by atoms with E-state index in [0.717, 1.165) is 63.8 Å². The largest absolute Gasteiger partial charge is 0.351 e. The van der Waals surface area contributed by atoms with Crippen LogP contribution in [0.25, 0.3) is 0 Å². The molecule has 2 aliphatic rings. The second-order valence-corrected chi connectivity index (χ2v) is 8.85. The molecule has 1 aromatic heterocycles. The van der Waals surface area contributed by atoms with Crippen LogP contribution < -0.4 is 5.32 Å². The van der Waals surface area contributed by atoms with E-state index in [1.165, 1.54) is 5.01 Å². The van der Waals surface area contributed by atoms with Crippen molar-refractivity contribution < 1.29 is 4.79 Å². The molecular formula is C20H34N6OS. The van der Waals surface area contributed by atoms with E-state index in [1.54, 1.807) is 11.3 Å². The van der Waals surface area contributed by atoms with Gasteiger partial charge in [-0.1, -0.05) is 13.8 Å². The van der Waals surface area contributed by atoms with Gasteiger partial charge >= 0.3 is 0 Å². The molecular weight excluding hydrogens is 372 g/mol. The lowest BCUT2D eigenvalue weighted by Gasteiger charge is -2.39. The van der Waals surface area contributed by atoms with Crippen molar-refractivity contribution in [3.8, 4) is 0 Å². The van der Waals surface area contributed by atoms with Gasteiger partial charge in [-0.25, -0.2) is 4.98 Å². The molecule has 1 N–H and O–H groups in total. The molecule has 0 aromatic carbocycles. The van der Waals surface area contributed by atoms with Crippen molar-refractivity contribution in [2.45, 2.75) is 52.1 Å². The zero-order valence-corrected chi connectivity index (χ0v) is 18.5. The number of carbonyl (C=O) groups excluding carboxylic acids is 1. The summed E-state index contributed by atoms with van der Waals surface area (Å²) in [6.45, 7) is 12.5. The Labute approximate surface area is 172 Å². The summed E-state index contributed by atoms with van der Waals surface area (Å²) in [5.41, 5.74) is 1.07. The molecule has 28 heavy (non-hydrogen) atoms. The molecule has 1 unspecified atom stereocenters. The molecule has 0 saturated carbocycles. The number of hydrogen-bond acceptors (Lipinski definition) is 5. The number of likely N-dealkylation sites (tertiary alicyclic amines) is 1. The van der Waals surface area contributed by atoms with Gasteiger partial charge in [0.15, 0.2) is 5.96 Å². The Bertz CT molecular complexity index is 674. The monoisotopic (exact) mass is 406 g/mol. The first-order valence-corrected chi connectivity index (χ1v) is 11.3. The third-order valence-electron chi connectivity index (χ3n) is 5.64. The molecule has 2 aliphatic heterocycles. The van der Waals surface area contributed by atoms with E-state index < -0.39 is 0 Å². The maximum absolute atomic E-state index is 12.7. The molecule has 0 radical (unpaired) electrons. The summed E-state index contributed by atoms with van der Waals surface area (Å²) in [5.74, 6) is 1.67. The Balaban J connectivity index is 1.47. The van der Waals surface area contributed by atoms with Crippen molar-refractivity contribution in [2.75, 3.05) is 46.3 Å². The molecule has 1 aromatic rings. The molecule has 7 nitrogen and oxygen atoms in total. The highest BCUT2D eigenvalue weighted by molar-refractivity contribution is 7.09. The summed E-state index contributed by atoms with van der Waals surface area (Å²) in [6.07, 6.45) is 2.29. The third-order valence-corrected chi connectivity index (χ3v) is 6.83. The molecule has 3 rings (SSSR count). The number of nitrogens with one attached hydrogen (secondary N) is 1. The van der Waals surface area contributed by atoms with Crippen molar-refractivity contribution in [3.63, 3.8) is 0 Å². The van der Waals surface area contributed by atoms with E-state index in [2.05, 4.69) is 51.2 Å². The van der Waals surface area contributed by atoms with E-state index in [4.69, 9.17) is 0 Å². The van der Waals surface area contributed by atoms with Crippen LogP contribution in [0.1, 0.15) is 50.2 Å². The smallest absolute Gasteiger partial charge is 0.239 e. The summed E-state index contributed by atoms with van der Waals surface area (Å²) in [4.78, 5) is 28.4. The highest BCUT2D eigenvalue weighted by Crippen LogP contribution is 2.19. The number of aromatic nitrogens is 1. The second kappa shape index (κ2) is 9.69. The van der Waals surface area contributed by atoms with Crippen LogP contribution in [0.4, 0.5) is 0 Å². The van der Waals surface area contributed by atoms with Crippen LogP contribution >= 0.6 is 11.3 Å². The normalized spacial score (nSPS) is 20.1. The van der Waals surface area contributed by atoms with Gasteiger partial charge in [0.05, 0.1) is 23.3 Å². The number of rotatable bonds is 5. The van der Waals surface area contributed by atoms with Gasteiger partial charge in [0.2, 0.25) is 5.91 Å². The van der Waals surface area contributed by atoms with E-state index in [0.29, 0.717) is 12.5 Å². The Morgan fingerprint density at radius 3 is 2.39 bits per heavy atom. The lowest BCUT2D eigenvalue weighted by Crippen LogP contribution is -2.57. The van der Waals surface area contributed by atoms with Gasteiger partial charge in [-0.2, -0.15) is 0 Å². The summed E-state index contributed by atoms with van der Waals surface area (Å²) < 4.78 is 0. The predicted octanol–water partition coefficient (Wildman–Crippen LogP) is 1.97. The highest BCUT2D eigenvalue weighted by atomic mass is 32.1. The third kappa shape index (κ3) is 5.03. The van der Waals surface area contributed by atoms with Crippen LogP contribution in [0.5, 0.6) is 0 Å². The van der Waals surface area contributed by atoms with Crippen molar-refractivity contribution in [1.29, 1.82) is 0 Å². The van der Waals surface area contributed by atoms with Crippen LogP contribution in [0, 0.1) is 0 Å². The van der Waals surface area contributed by atoms with Crippen LogP contribution in [0.3, 0.4) is 0 Å². The van der Waals surface area contributed by atoms with Crippen LogP contribution in [0.15, 0.2) is 10.4 Å². The minimum absolute atomic E-state index is 0.0281. The number of aliphatic imine (C=N–C) groups is 1. The summed E-state index contributed by atoms with van der Waals surface area (Å²) in [6, 6.07) is -0.0281. The average molecular weight is 407 g/mol. The Kier molecular flexibility index (Phi) is 7.29. The van der Waals surface area contributed by atoms with Gasteiger partial charge in [-0.15, -0.1) is 11.3 Å². The second-order valence-electron chi connectivity index (χ2n) is 7.96.